The van der Waals surface area contributed by atoms with Crippen LogP contribution in [0.1, 0.15) is 31.0 Å². The summed E-state index contributed by atoms with van der Waals surface area (Å²) in [6.45, 7) is 11.0. The molecule has 2 unspecified atom stereocenters. The molecule has 20 heavy (non-hydrogen) atoms. The first kappa shape index (κ1) is 15.3. The minimum Gasteiger partial charge on any atom is -0.508 e. The van der Waals surface area contributed by atoms with E-state index in [-0.39, 0.29) is 12.1 Å². The zero-order valence-electron chi connectivity index (χ0n) is 12.7. The molecule has 2 atom stereocenters. The fourth-order valence-corrected chi connectivity index (χ4v) is 2.63. The van der Waals surface area contributed by atoms with Crippen molar-refractivity contribution in [3.63, 3.8) is 0 Å². The van der Waals surface area contributed by atoms with E-state index in [9.17, 15) is 5.11 Å². The van der Waals surface area contributed by atoms with Gasteiger partial charge >= 0.3 is 0 Å². The number of nitrogens with one attached hydrogen (secondary N) is 1. The second-order valence-electron chi connectivity index (χ2n) is 5.58. The fraction of sp³-hybridized carbons (Fsp3) is 0.625. The van der Waals surface area contributed by atoms with Crippen molar-refractivity contribution in [1.29, 1.82) is 0 Å². The van der Waals surface area contributed by atoms with E-state index in [2.05, 4.69) is 24.1 Å². The molecule has 1 aromatic carbocycles. The summed E-state index contributed by atoms with van der Waals surface area (Å²) in [5.41, 5.74) is 2.12. The number of nitrogens with zero attached hydrogens (tertiary/aromatic N) is 1. The number of benzene rings is 1. The van der Waals surface area contributed by atoms with Crippen molar-refractivity contribution in [3.05, 3.63) is 29.3 Å². The van der Waals surface area contributed by atoms with Gasteiger partial charge < -0.3 is 15.2 Å². The number of hydrogen-bond donors (Lipinski definition) is 2. The molecule has 0 radical (unpaired) electrons. The molecule has 1 aliphatic rings. The van der Waals surface area contributed by atoms with Gasteiger partial charge in [-0.05, 0) is 26.5 Å². The Morgan fingerprint density at radius 1 is 1.50 bits per heavy atom. The van der Waals surface area contributed by atoms with Crippen LogP contribution in [-0.2, 0) is 4.74 Å². The number of rotatable bonds is 5. The van der Waals surface area contributed by atoms with Gasteiger partial charge in [0.05, 0.1) is 12.7 Å². The molecule has 0 aliphatic carbocycles. The molecule has 0 amide bonds. The van der Waals surface area contributed by atoms with Crippen LogP contribution in [0.2, 0.25) is 0 Å². The standard InChI is InChI=1S/C16H26N2O2/c1-4-18-7-8-20-14(11-18)10-17-13(3)15-9-12(2)5-6-16(15)19/h5-6,9,13-14,17,19H,4,7-8,10-11H2,1-3H3. The Labute approximate surface area is 121 Å². The van der Waals surface area contributed by atoms with E-state index < -0.39 is 0 Å². The van der Waals surface area contributed by atoms with Crippen LogP contribution in [0, 0.1) is 6.92 Å². The number of phenols is 1. The Morgan fingerprint density at radius 3 is 3.05 bits per heavy atom. The summed E-state index contributed by atoms with van der Waals surface area (Å²) in [6, 6.07) is 5.84. The van der Waals surface area contributed by atoms with Gasteiger partial charge in [0, 0.05) is 31.2 Å². The lowest BCUT2D eigenvalue weighted by Crippen LogP contribution is -2.46. The third kappa shape index (κ3) is 3.95. The summed E-state index contributed by atoms with van der Waals surface area (Å²) in [7, 11) is 0. The largest absolute Gasteiger partial charge is 0.508 e. The highest BCUT2D eigenvalue weighted by Gasteiger charge is 2.20. The first-order valence-electron chi connectivity index (χ1n) is 7.47. The van der Waals surface area contributed by atoms with Crippen molar-refractivity contribution in [3.8, 4) is 5.75 Å². The second-order valence-corrected chi connectivity index (χ2v) is 5.58. The SMILES string of the molecule is CCN1CCOC(CNC(C)c2cc(C)ccc2O)C1. The average Bonchev–Trinajstić information content (AvgIpc) is 2.47. The molecule has 0 saturated carbocycles. The highest BCUT2D eigenvalue weighted by Crippen LogP contribution is 2.24. The topological polar surface area (TPSA) is 44.7 Å². The summed E-state index contributed by atoms with van der Waals surface area (Å²) in [5.74, 6) is 0.357. The fourth-order valence-electron chi connectivity index (χ4n) is 2.63. The van der Waals surface area contributed by atoms with Gasteiger partial charge in [-0.3, -0.25) is 4.90 Å². The minimum absolute atomic E-state index is 0.121. The van der Waals surface area contributed by atoms with E-state index in [1.165, 1.54) is 0 Å². The van der Waals surface area contributed by atoms with Gasteiger partial charge in [-0.1, -0.05) is 24.6 Å². The summed E-state index contributed by atoms with van der Waals surface area (Å²) in [5, 5.41) is 13.4. The Balaban J connectivity index is 1.88. The van der Waals surface area contributed by atoms with E-state index in [1.54, 1.807) is 6.07 Å². The third-order valence-electron chi connectivity index (χ3n) is 3.97. The quantitative estimate of drug-likeness (QED) is 0.865. The van der Waals surface area contributed by atoms with Gasteiger partial charge in [0.2, 0.25) is 0 Å². The lowest BCUT2D eigenvalue weighted by atomic mass is 10.0. The van der Waals surface area contributed by atoms with Crippen molar-refractivity contribution in [1.82, 2.24) is 10.2 Å². The van der Waals surface area contributed by atoms with Crippen LogP contribution in [0.15, 0.2) is 18.2 Å². The number of ether oxygens (including phenoxy) is 1. The lowest BCUT2D eigenvalue weighted by molar-refractivity contribution is -0.0262. The molecule has 1 fully saturated rings. The Kier molecular flexibility index (Phi) is 5.40. The number of phenolic OH excluding ortho intramolecular Hbond substituents is 1. The second kappa shape index (κ2) is 7.07. The van der Waals surface area contributed by atoms with Crippen LogP contribution in [0.4, 0.5) is 0 Å². The molecule has 1 heterocycles. The third-order valence-corrected chi connectivity index (χ3v) is 3.97. The molecule has 1 saturated heterocycles. The summed E-state index contributed by atoms with van der Waals surface area (Å²) in [6.07, 6.45) is 0.234. The molecule has 2 N–H and O–H groups in total. The first-order valence-corrected chi connectivity index (χ1v) is 7.47. The predicted molar refractivity (Wildman–Crippen MR) is 81.1 cm³/mol. The number of aryl methyl sites for hydroxylation is 1. The van der Waals surface area contributed by atoms with Crippen molar-refractivity contribution in [2.24, 2.45) is 0 Å². The summed E-state index contributed by atoms with van der Waals surface area (Å²) in [4.78, 5) is 2.41. The molecular formula is C16H26N2O2. The predicted octanol–water partition coefficient (Wildman–Crippen LogP) is 2.07. The van der Waals surface area contributed by atoms with Gasteiger partial charge in [-0.25, -0.2) is 0 Å². The van der Waals surface area contributed by atoms with Gasteiger partial charge in [0.25, 0.3) is 0 Å². The number of hydrogen-bond acceptors (Lipinski definition) is 4. The zero-order valence-corrected chi connectivity index (χ0v) is 12.7. The zero-order chi connectivity index (χ0) is 14.5. The van der Waals surface area contributed by atoms with Crippen LogP contribution in [0.3, 0.4) is 0 Å². The first-order chi connectivity index (χ1) is 9.60. The number of morpholine rings is 1. The molecule has 0 bridgehead atoms. The molecule has 4 heteroatoms. The Morgan fingerprint density at radius 2 is 2.30 bits per heavy atom. The normalized spacial score (nSPS) is 21.9. The monoisotopic (exact) mass is 278 g/mol. The van der Waals surface area contributed by atoms with Crippen LogP contribution < -0.4 is 5.32 Å². The summed E-state index contributed by atoms with van der Waals surface area (Å²) >= 11 is 0. The van der Waals surface area contributed by atoms with E-state index in [1.807, 2.05) is 19.1 Å². The van der Waals surface area contributed by atoms with Crippen molar-refractivity contribution in [2.75, 3.05) is 32.8 Å². The maximum absolute atomic E-state index is 9.94. The van der Waals surface area contributed by atoms with E-state index in [4.69, 9.17) is 4.74 Å². The molecule has 1 aliphatic heterocycles. The number of likely N-dealkylation sites (N-methyl/N-ethyl adjacent to an activating group) is 1. The molecule has 112 valence electrons. The summed E-state index contributed by atoms with van der Waals surface area (Å²) < 4.78 is 5.78. The van der Waals surface area contributed by atoms with Gasteiger partial charge in [0.15, 0.2) is 0 Å². The maximum atomic E-state index is 9.94. The van der Waals surface area contributed by atoms with Crippen LogP contribution in [-0.4, -0.2) is 48.9 Å². The lowest BCUT2D eigenvalue weighted by Gasteiger charge is -2.32. The van der Waals surface area contributed by atoms with Gasteiger partial charge in [-0.15, -0.1) is 0 Å². The van der Waals surface area contributed by atoms with Crippen LogP contribution >= 0.6 is 0 Å². The molecule has 1 aromatic rings. The molecule has 2 rings (SSSR count). The van der Waals surface area contributed by atoms with E-state index >= 15 is 0 Å². The smallest absolute Gasteiger partial charge is 0.120 e. The molecule has 0 aromatic heterocycles. The van der Waals surface area contributed by atoms with Crippen LogP contribution in [0.5, 0.6) is 5.75 Å². The minimum atomic E-state index is 0.121. The number of aromatic hydroxyl groups is 1. The molecule has 4 nitrogen and oxygen atoms in total. The highest BCUT2D eigenvalue weighted by molar-refractivity contribution is 5.37. The molecular weight excluding hydrogens is 252 g/mol. The van der Waals surface area contributed by atoms with E-state index in [0.717, 1.165) is 43.9 Å². The van der Waals surface area contributed by atoms with Crippen LogP contribution in [0.25, 0.3) is 0 Å². The van der Waals surface area contributed by atoms with Crippen molar-refractivity contribution < 1.29 is 9.84 Å². The highest BCUT2D eigenvalue weighted by atomic mass is 16.5. The Hall–Kier alpha value is -1.10. The van der Waals surface area contributed by atoms with Gasteiger partial charge in [0.1, 0.15) is 5.75 Å². The molecule has 0 spiro atoms. The maximum Gasteiger partial charge on any atom is 0.120 e. The van der Waals surface area contributed by atoms with Gasteiger partial charge in [-0.2, -0.15) is 0 Å². The Bertz CT molecular complexity index is 436. The van der Waals surface area contributed by atoms with Crippen molar-refractivity contribution >= 4 is 0 Å². The van der Waals surface area contributed by atoms with E-state index in [0.29, 0.717) is 5.75 Å². The van der Waals surface area contributed by atoms with Crippen molar-refractivity contribution in [2.45, 2.75) is 32.9 Å². The average molecular weight is 278 g/mol.